The molecule has 170 valence electrons. The highest BCUT2D eigenvalue weighted by Crippen LogP contribution is 2.34. The first kappa shape index (κ1) is 22.8. The summed E-state index contributed by atoms with van der Waals surface area (Å²) in [6.07, 6.45) is -1.88. The molecule has 1 N–H and O–H groups in total. The maximum absolute atomic E-state index is 13.8. The first-order chi connectivity index (χ1) is 15.3. The molecule has 1 unspecified atom stereocenters. The third-order valence-electron chi connectivity index (χ3n) is 5.45. The van der Waals surface area contributed by atoms with Crippen LogP contribution in [-0.4, -0.2) is 40.2 Å². The van der Waals surface area contributed by atoms with Gasteiger partial charge in [-0.3, -0.25) is 9.69 Å². The largest absolute Gasteiger partial charge is 0.434 e. The average Bonchev–Trinajstić information content (AvgIpc) is 3.42. The minimum absolute atomic E-state index is 0.139. The van der Waals surface area contributed by atoms with Crippen molar-refractivity contribution in [1.29, 1.82) is 0 Å². The number of aromatic nitrogens is 2. The topological polar surface area (TPSA) is 50.2 Å². The van der Waals surface area contributed by atoms with Crippen LogP contribution in [0, 0.1) is 5.92 Å². The molecule has 1 aliphatic rings. The highest BCUT2D eigenvalue weighted by Gasteiger charge is 2.40. The van der Waals surface area contributed by atoms with Crippen molar-refractivity contribution in [2.45, 2.75) is 25.6 Å². The van der Waals surface area contributed by atoms with Crippen LogP contribution >= 0.6 is 22.9 Å². The molecule has 1 aliphatic heterocycles. The summed E-state index contributed by atoms with van der Waals surface area (Å²) in [6, 6.07) is 10.0. The Balaban J connectivity index is 1.45. The third kappa shape index (κ3) is 5.33. The number of amides is 1. The van der Waals surface area contributed by atoms with Gasteiger partial charge in [-0.05, 0) is 54.9 Å². The van der Waals surface area contributed by atoms with Crippen LogP contribution < -0.4 is 5.32 Å². The number of likely N-dealkylation sites (tertiary alicyclic amines) is 1. The lowest BCUT2D eigenvalue weighted by Gasteiger charge is -2.32. The van der Waals surface area contributed by atoms with Crippen LogP contribution in [0.5, 0.6) is 0 Å². The highest BCUT2D eigenvalue weighted by atomic mass is 35.5. The molecule has 1 atom stereocenters. The second-order valence-electron chi connectivity index (χ2n) is 7.83. The molecule has 1 aromatic carbocycles. The quantitative estimate of drug-likeness (QED) is 0.522. The van der Waals surface area contributed by atoms with Crippen molar-refractivity contribution >= 4 is 28.8 Å². The number of hydrogen-bond acceptors (Lipinski definition) is 4. The maximum Gasteiger partial charge on any atom is 0.434 e. The van der Waals surface area contributed by atoms with Crippen molar-refractivity contribution in [2.24, 2.45) is 5.92 Å². The maximum atomic E-state index is 13.8. The standard InChI is InChI=1S/C22H22ClF3N4OS/c23-16-5-1-6-17(10-16)30-20(22(24,25)26)19(12-28-30)21(31)27-11-15-4-2-8-29(13-15)14-18-7-3-9-32-18/h1,3,5-7,9-10,12,15H,2,4,8,11,13-14H2,(H,27,31). The lowest BCUT2D eigenvalue weighted by molar-refractivity contribution is -0.143. The number of carbonyl (C=O) groups is 1. The van der Waals surface area contributed by atoms with E-state index in [2.05, 4.69) is 21.4 Å². The molecular weight excluding hydrogens is 461 g/mol. The Hall–Kier alpha value is -2.36. The van der Waals surface area contributed by atoms with E-state index >= 15 is 0 Å². The molecule has 4 rings (SSSR count). The van der Waals surface area contributed by atoms with Crippen LogP contribution in [0.3, 0.4) is 0 Å². The van der Waals surface area contributed by atoms with Crippen LogP contribution in [0.2, 0.25) is 5.02 Å². The number of carbonyl (C=O) groups excluding carboxylic acids is 1. The summed E-state index contributed by atoms with van der Waals surface area (Å²) in [5.74, 6) is -0.592. The number of alkyl halides is 3. The molecule has 3 aromatic rings. The van der Waals surface area contributed by atoms with Crippen molar-refractivity contribution < 1.29 is 18.0 Å². The van der Waals surface area contributed by atoms with Crippen molar-refractivity contribution in [3.8, 4) is 5.69 Å². The summed E-state index contributed by atoms with van der Waals surface area (Å²) >= 11 is 7.62. The van der Waals surface area contributed by atoms with Crippen LogP contribution in [0.15, 0.2) is 48.0 Å². The summed E-state index contributed by atoms with van der Waals surface area (Å²) in [5.41, 5.74) is -1.47. The number of halogens is 4. The monoisotopic (exact) mass is 482 g/mol. The Bertz CT molecular complexity index is 1070. The summed E-state index contributed by atoms with van der Waals surface area (Å²) in [6.45, 7) is 2.95. The highest BCUT2D eigenvalue weighted by molar-refractivity contribution is 7.09. The van der Waals surface area contributed by atoms with Gasteiger partial charge >= 0.3 is 6.18 Å². The second-order valence-corrected chi connectivity index (χ2v) is 9.30. The minimum atomic E-state index is -4.76. The van der Waals surface area contributed by atoms with Crippen LogP contribution in [0.1, 0.15) is 33.8 Å². The fourth-order valence-corrected chi connectivity index (χ4v) is 4.94. The van der Waals surface area contributed by atoms with Gasteiger partial charge in [-0.25, -0.2) is 4.68 Å². The Labute approximate surface area is 192 Å². The van der Waals surface area contributed by atoms with Gasteiger partial charge in [0.25, 0.3) is 5.91 Å². The van der Waals surface area contributed by atoms with E-state index in [0.29, 0.717) is 11.2 Å². The molecule has 2 aromatic heterocycles. The number of rotatable bonds is 6. The fourth-order valence-electron chi connectivity index (χ4n) is 4.01. The molecule has 0 saturated carbocycles. The summed E-state index contributed by atoms with van der Waals surface area (Å²) in [7, 11) is 0. The predicted molar refractivity (Wildman–Crippen MR) is 118 cm³/mol. The number of nitrogens with zero attached hydrogens (tertiary/aromatic N) is 3. The van der Waals surface area contributed by atoms with E-state index in [1.165, 1.54) is 23.1 Å². The molecule has 10 heteroatoms. The van der Waals surface area contributed by atoms with E-state index in [1.807, 2.05) is 11.4 Å². The molecule has 0 spiro atoms. The second kappa shape index (κ2) is 9.64. The van der Waals surface area contributed by atoms with Gasteiger partial charge in [-0.2, -0.15) is 18.3 Å². The first-order valence-corrected chi connectivity index (χ1v) is 11.5. The fraction of sp³-hybridized carbons (Fsp3) is 0.364. The van der Waals surface area contributed by atoms with E-state index in [4.69, 9.17) is 11.6 Å². The molecule has 0 radical (unpaired) electrons. The zero-order chi connectivity index (χ0) is 22.7. The van der Waals surface area contributed by atoms with Crippen LogP contribution in [0.25, 0.3) is 5.69 Å². The molecule has 0 aliphatic carbocycles. The summed E-state index contributed by atoms with van der Waals surface area (Å²) < 4.78 is 42.2. The Kier molecular flexibility index (Phi) is 6.88. The van der Waals surface area contributed by atoms with Crippen molar-refractivity contribution in [3.63, 3.8) is 0 Å². The van der Waals surface area contributed by atoms with Gasteiger partial charge < -0.3 is 5.32 Å². The molecule has 32 heavy (non-hydrogen) atoms. The van der Waals surface area contributed by atoms with E-state index in [-0.39, 0.29) is 16.6 Å². The molecule has 1 amide bonds. The smallest absolute Gasteiger partial charge is 0.352 e. The molecule has 1 fully saturated rings. The van der Waals surface area contributed by atoms with Gasteiger partial charge in [0, 0.05) is 29.5 Å². The zero-order valence-corrected chi connectivity index (χ0v) is 18.7. The first-order valence-electron chi connectivity index (χ1n) is 10.3. The van der Waals surface area contributed by atoms with E-state index in [1.54, 1.807) is 17.4 Å². The minimum Gasteiger partial charge on any atom is -0.352 e. The summed E-state index contributed by atoms with van der Waals surface area (Å²) in [4.78, 5) is 16.3. The van der Waals surface area contributed by atoms with E-state index in [9.17, 15) is 18.0 Å². The number of hydrogen-bond donors (Lipinski definition) is 1. The Morgan fingerprint density at radius 1 is 1.28 bits per heavy atom. The van der Waals surface area contributed by atoms with Gasteiger partial charge in [0.2, 0.25) is 0 Å². The van der Waals surface area contributed by atoms with E-state index < -0.39 is 23.3 Å². The van der Waals surface area contributed by atoms with Gasteiger partial charge in [-0.1, -0.05) is 23.7 Å². The number of nitrogens with one attached hydrogen (secondary N) is 1. The zero-order valence-electron chi connectivity index (χ0n) is 17.1. The van der Waals surface area contributed by atoms with Crippen LogP contribution in [-0.2, 0) is 12.7 Å². The lowest BCUT2D eigenvalue weighted by atomic mass is 9.98. The Morgan fingerprint density at radius 2 is 2.12 bits per heavy atom. The normalized spacial score (nSPS) is 17.4. The van der Waals surface area contributed by atoms with Crippen LogP contribution in [0.4, 0.5) is 13.2 Å². The predicted octanol–water partition coefficient (Wildman–Crippen LogP) is 5.25. The summed E-state index contributed by atoms with van der Waals surface area (Å²) in [5, 5.41) is 8.85. The molecule has 0 bridgehead atoms. The number of thiophene rings is 1. The van der Waals surface area contributed by atoms with Gasteiger partial charge in [0.15, 0.2) is 5.69 Å². The number of benzene rings is 1. The lowest BCUT2D eigenvalue weighted by Crippen LogP contribution is -2.40. The van der Waals surface area contributed by atoms with Gasteiger partial charge in [0.05, 0.1) is 17.4 Å². The van der Waals surface area contributed by atoms with Crippen molar-refractivity contribution in [2.75, 3.05) is 19.6 Å². The SMILES string of the molecule is O=C(NCC1CCCN(Cc2cccs2)C1)c1cnn(-c2cccc(Cl)c2)c1C(F)(F)F. The average molecular weight is 483 g/mol. The third-order valence-corrected chi connectivity index (χ3v) is 6.55. The van der Waals surface area contributed by atoms with Crippen molar-refractivity contribution in [1.82, 2.24) is 20.0 Å². The molecular formula is C22H22ClF3N4OS. The van der Waals surface area contributed by atoms with Gasteiger partial charge in [0.1, 0.15) is 0 Å². The van der Waals surface area contributed by atoms with E-state index in [0.717, 1.165) is 38.7 Å². The molecule has 1 saturated heterocycles. The number of piperidine rings is 1. The van der Waals surface area contributed by atoms with Gasteiger partial charge in [-0.15, -0.1) is 11.3 Å². The Morgan fingerprint density at radius 3 is 2.84 bits per heavy atom. The molecule has 3 heterocycles. The van der Waals surface area contributed by atoms with Crippen molar-refractivity contribution in [3.05, 3.63) is 69.1 Å². The molecule has 5 nitrogen and oxygen atoms in total.